The summed E-state index contributed by atoms with van der Waals surface area (Å²) in [6.45, 7) is 12.7. The van der Waals surface area contributed by atoms with Crippen LogP contribution in [0.3, 0.4) is 0 Å². The summed E-state index contributed by atoms with van der Waals surface area (Å²) in [5.41, 5.74) is 0.0784. The Kier molecular flexibility index (Phi) is 10.3. The van der Waals surface area contributed by atoms with E-state index < -0.39 is 12.2 Å². The minimum atomic E-state index is -0.522. The van der Waals surface area contributed by atoms with Crippen LogP contribution in [0.1, 0.15) is 40.5 Å². The van der Waals surface area contributed by atoms with E-state index >= 15 is 0 Å². The first-order chi connectivity index (χ1) is 15.3. The molecule has 4 heteroatoms. The molecule has 2 rings (SSSR count). The summed E-state index contributed by atoms with van der Waals surface area (Å²) in [5, 5.41) is 10.1. The summed E-state index contributed by atoms with van der Waals surface area (Å²) in [6.07, 6.45) is 2.69. The van der Waals surface area contributed by atoms with Crippen LogP contribution in [0.2, 0.25) is 0 Å². The number of benzene rings is 2. The van der Waals surface area contributed by atoms with E-state index in [1.807, 2.05) is 66.7 Å². The molecule has 0 fully saturated rings. The molecule has 0 saturated carbocycles. The first-order valence-corrected chi connectivity index (χ1v) is 11.5. The highest BCUT2D eigenvalue weighted by atomic mass is 16.6. The van der Waals surface area contributed by atoms with Crippen molar-refractivity contribution in [1.29, 1.82) is 0 Å². The summed E-state index contributed by atoms with van der Waals surface area (Å²) in [7, 11) is 1.60. The van der Waals surface area contributed by atoms with E-state index in [0.29, 0.717) is 5.92 Å². The van der Waals surface area contributed by atoms with Gasteiger partial charge in [0.1, 0.15) is 23.7 Å². The largest absolute Gasteiger partial charge is 0.486 e. The van der Waals surface area contributed by atoms with E-state index in [1.165, 1.54) is 0 Å². The average molecular weight is 441 g/mol. The van der Waals surface area contributed by atoms with E-state index in [9.17, 15) is 5.11 Å². The second-order valence-electron chi connectivity index (χ2n) is 9.46. The van der Waals surface area contributed by atoms with Crippen molar-refractivity contribution in [2.24, 2.45) is 17.3 Å². The molecule has 5 atom stereocenters. The van der Waals surface area contributed by atoms with Gasteiger partial charge in [-0.2, -0.15) is 0 Å². The number of rotatable bonds is 14. The van der Waals surface area contributed by atoms with E-state index in [-0.39, 0.29) is 24.0 Å². The van der Waals surface area contributed by atoms with Gasteiger partial charge in [0.25, 0.3) is 0 Å². The van der Waals surface area contributed by atoms with Crippen molar-refractivity contribution in [3.8, 4) is 11.5 Å². The van der Waals surface area contributed by atoms with Crippen LogP contribution in [0.25, 0.3) is 0 Å². The van der Waals surface area contributed by atoms with Crippen LogP contribution in [0, 0.1) is 17.3 Å². The average Bonchev–Trinajstić information content (AvgIpc) is 2.78. The quantitative estimate of drug-likeness (QED) is 0.358. The molecule has 0 heterocycles. The second kappa shape index (κ2) is 12.7. The lowest BCUT2D eigenvalue weighted by atomic mass is 9.79. The number of aliphatic hydroxyl groups is 1. The van der Waals surface area contributed by atoms with Crippen LogP contribution >= 0.6 is 0 Å². The molecule has 0 aliphatic carbocycles. The van der Waals surface area contributed by atoms with Crippen molar-refractivity contribution in [2.75, 3.05) is 13.7 Å². The van der Waals surface area contributed by atoms with Crippen molar-refractivity contribution in [1.82, 2.24) is 0 Å². The van der Waals surface area contributed by atoms with Crippen molar-refractivity contribution < 1.29 is 19.3 Å². The fourth-order valence-corrected chi connectivity index (χ4v) is 4.32. The third kappa shape index (κ3) is 7.99. The van der Waals surface area contributed by atoms with Gasteiger partial charge in [0, 0.05) is 7.11 Å². The zero-order chi connectivity index (χ0) is 23.6. The number of hydrogen-bond acceptors (Lipinski definition) is 4. The maximum Gasteiger partial charge on any atom is 0.164 e. The SMILES string of the molecule is C=CC(C)(C)CC(C)CC(C)C(Oc1ccccc1)C(Oc1ccccc1)C(CO)OC. The van der Waals surface area contributed by atoms with Crippen molar-refractivity contribution in [2.45, 2.75) is 58.8 Å². The number of ether oxygens (including phenoxy) is 3. The molecule has 0 radical (unpaired) electrons. The first kappa shape index (κ1) is 26.0. The zero-order valence-corrected chi connectivity index (χ0v) is 20.2. The molecule has 0 saturated heterocycles. The summed E-state index contributed by atoms with van der Waals surface area (Å²) in [6, 6.07) is 19.4. The molecule has 4 nitrogen and oxygen atoms in total. The van der Waals surface area contributed by atoms with Gasteiger partial charge in [-0.3, -0.25) is 0 Å². The van der Waals surface area contributed by atoms with Gasteiger partial charge in [-0.15, -0.1) is 6.58 Å². The van der Waals surface area contributed by atoms with E-state index in [1.54, 1.807) is 7.11 Å². The van der Waals surface area contributed by atoms with Gasteiger partial charge in [-0.05, 0) is 54.4 Å². The predicted octanol–water partition coefficient (Wildman–Crippen LogP) is 6.15. The van der Waals surface area contributed by atoms with Gasteiger partial charge in [0.15, 0.2) is 6.10 Å². The third-order valence-corrected chi connectivity index (χ3v) is 5.97. The molecule has 0 amide bonds. The van der Waals surface area contributed by atoms with E-state index in [0.717, 1.165) is 24.3 Å². The lowest BCUT2D eigenvalue weighted by Crippen LogP contribution is -2.50. The highest BCUT2D eigenvalue weighted by molar-refractivity contribution is 5.23. The van der Waals surface area contributed by atoms with Gasteiger partial charge in [-0.25, -0.2) is 0 Å². The zero-order valence-electron chi connectivity index (χ0n) is 20.2. The molecule has 5 unspecified atom stereocenters. The fourth-order valence-electron chi connectivity index (χ4n) is 4.32. The normalized spacial score (nSPS) is 16.4. The highest BCUT2D eigenvalue weighted by Gasteiger charge is 2.38. The Morgan fingerprint density at radius 3 is 1.84 bits per heavy atom. The van der Waals surface area contributed by atoms with Gasteiger partial charge in [-0.1, -0.05) is 70.2 Å². The minimum absolute atomic E-state index is 0.0784. The summed E-state index contributed by atoms with van der Waals surface area (Å²) < 4.78 is 18.5. The van der Waals surface area contributed by atoms with Crippen molar-refractivity contribution in [3.63, 3.8) is 0 Å². The van der Waals surface area contributed by atoms with Gasteiger partial charge in [0.2, 0.25) is 0 Å². The molecular formula is C28H40O4. The smallest absolute Gasteiger partial charge is 0.164 e. The molecule has 2 aromatic rings. The number of methoxy groups -OCH3 is 1. The maximum absolute atomic E-state index is 10.1. The number of hydrogen-bond donors (Lipinski definition) is 1. The van der Waals surface area contributed by atoms with Crippen LogP contribution in [-0.4, -0.2) is 37.1 Å². The Morgan fingerprint density at radius 2 is 1.41 bits per heavy atom. The molecule has 0 aromatic heterocycles. The van der Waals surface area contributed by atoms with Crippen LogP contribution in [-0.2, 0) is 4.74 Å². The lowest BCUT2D eigenvalue weighted by molar-refractivity contribution is -0.0880. The molecule has 0 bridgehead atoms. The van der Waals surface area contributed by atoms with Gasteiger partial charge >= 0.3 is 0 Å². The Labute approximate surface area is 194 Å². The molecule has 176 valence electrons. The molecule has 2 aromatic carbocycles. The van der Waals surface area contributed by atoms with Crippen LogP contribution in [0.4, 0.5) is 0 Å². The van der Waals surface area contributed by atoms with Gasteiger partial charge in [0.05, 0.1) is 6.61 Å². The topological polar surface area (TPSA) is 47.9 Å². The van der Waals surface area contributed by atoms with E-state index in [2.05, 4.69) is 34.3 Å². The Balaban J connectivity index is 2.33. The monoisotopic (exact) mass is 440 g/mol. The Bertz CT molecular complexity index is 771. The summed E-state index contributed by atoms with van der Waals surface area (Å²) in [4.78, 5) is 0. The molecule has 0 spiro atoms. The first-order valence-electron chi connectivity index (χ1n) is 11.5. The number of aliphatic hydroxyl groups excluding tert-OH is 1. The maximum atomic E-state index is 10.1. The summed E-state index contributed by atoms with van der Waals surface area (Å²) >= 11 is 0. The Hall–Kier alpha value is -2.30. The third-order valence-electron chi connectivity index (χ3n) is 5.97. The highest BCUT2D eigenvalue weighted by Crippen LogP contribution is 2.33. The number of para-hydroxylation sites is 2. The Morgan fingerprint density at radius 1 is 0.906 bits per heavy atom. The second-order valence-corrected chi connectivity index (χ2v) is 9.46. The van der Waals surface area contributed by atoms with Crippen molar-refractivity contribution >= 4 is 0 Å². The number of allylic oxidation sites excluding steroid dienone is 1. The molecule has 32 heavy (non-hydrogen) atoms. The lowest BCUT2D eigenvalue weighted by Gasteiger charge is -2.37. The predicted molar refractivity (Wildman–Crippen MR) is 131 cm³/mol. The molecule has 1 N–H and O–H groups in total. The van der Waals surface area contributed by atoms with Crippen LogP contribution in [0.15, 0.2) is 73.3 Å². The van der Waals surface area contributed by atoms with Crippen LogP contribution < -0.4 is 9.47 Å². The van der Waals surface area contributed by atoms with Gasteiger partial charge < -0.3 is 19.3 Å². The summed E-state index contributed by atoms with van der Waals surface area (Å²) in [5.74, 6) is 2.12. The molecular weight excluding hydrogens is 400 g/mol. The molecule has 0 aliphatic rings. The van der Waals surface area contributed by atoms with E-state index in [4.69, 9.17) is 14.2 Å². The minimum Gasteiger partial charge on any atom is -0.486 e. The molecule has 0 aliphatic heterocycles. The standard InChI is InChI=1S/C28H40O4/c1-7-28(4,5)19-21(2)18-22(3)26(31-23-14-10-8-11-15-23)27(25(20-29)30-6)32-24-16-12-9-13-17-24/h7-17,21-22,25-27,29H,1,18-20H2,2-6H3. The van der Waals surface area contributed by atoms with Crippen LogP contribution in [0.5, 0.6) is 11.5 Å². The van der Waals surface area contributed by atoms with Crippen molar-refractivity contribution in [3.05, 3.63) is 73.3 Å². The fraction of sp³-hybridized carbons (Fsp3) is 0.500.